The average molecular weight is 375 g/mol. The molecule has 1 saturated heterocycles. The number of ether oxygens (including phenoxy) is 1. The van der Waals surface area contributed by atoms with Crippen LogP contribution in [0.3, 0.4) is 0 Å². The monoisotopic (exact) mass is 374 g/mol. The van der Waals surface area contributed by atoms with Crippen molar-refractivity contribution in [2.45, 2.75) is 0 Å². The molecule has 2 amide bonds. The van der Waals surface area contributed by atoms with Crippen LogP contribution in [-0.4, -0.2) is 60.4 Å². The van der Waals surface area contributed by atoms with Gasteiger partial charge in [-0.3, -0.25) is 9.59 Å². The van der Waals surface area contributed by atoms with Crippen LogP contribution < -0.4 is 10.1 Å². The number of halogens is 1. The van der Waals surface area contributed by atoms with Gasteiger partial charge in [0.2, 0.25) is 6.41 Å². The summed E-state index contributed by atoms with van der Waals surface area (Å²) in [6.07, 6.45) is 2.40. The van der Waals surface area contributed by atoms with E-state index in [4.69, 9.17) is 16.3 Å². The van der Waals surface area contributed by atoms with Crippen LogP contribution in [0.4, 0.5) is 11.4 Å². The third-order valence-electron chi connectivity index (χ3n) is 4.17. The molecule has 0 bridgehead atoms. The van der Waals surface area contributed by atoms with Gasteiger partial charge in [-0.25, -0.2) is 4.98 Å². The van der Waals surface area contributed by atoms with Crippen LogP contribution >= 0.6 is 11.6 Å². The number of nitrogens with zero attached hydrogens (tertiary/aromatic N) is 3. The zero-order valence-electron chi connectivity index (χ0n) is 14.3. The van der Waals surface area contributed by atoms with Crippen LogP contribution in [0.5, 0.6) is 5.75 Å². The predicted octanol–water partition coefficient (Wildman–Crippen LogP) is 2.40. The molecule has 1 aliphatic heterocycles. The van der Waals surface area contributed by atoms with Crippen LogP contribution in [0, 0.1) is 0 Å². The zero-order valence-corrected chi connectivity index (χ0v) is 15.1. The Labute approximate surface area is 156 Å². The van der Waals surface area contributed by atoms with Crippen LogP contribution in [-0.2, 0) is 4.79 Å². The Hall–Kier alpha value is -2.80. The molecule has 1 aliphatic rings. The maximum absolute atomic E-state index is 12.5. The molecule has 0 saturated carbocycles. The number of nitrogens with one attached hydrogen (secondary N) is 1. The molecular weight excluding hydrogens is 356 g/mol. The molecule has 8 heteroatoms. The lowest BCUT2D eigenvalue weighted by atomic mass is 10.2. The molecule has 2 aromatic rings. The van der Waals surface area contributed by atoms with Gasteiger partial charge in [0, 0.05) is 31.2 Å². The summed E-state index contributed by atoms with van der Waals surface area (Å²) in [5, 5.41) is 3.77. The predicted molar refractivity (Wildman–Crippen MR) is 99.1 cm³/mol. The SMILES string of the molecule is COc1ccc(Cl)cc1Nc1ccc(C(=O)N2CCN(C=O)CC2)nc1. The lowest BCUT2D eigenvalue weighted by Gasteiger charge is -2.32. The summed E-state index contributed by atoms with van der Waals surface area (Å²) >= 11 is 6.03. The molecule has 136 valence electrons. The number of methoxy groups -OCH3 is 1. The lowest BCUT2D eigenvalue weighted by molar-refractivity contribution is -0.119. The molecule has 0 aliphatic carbocycles. The van der Waals surface area contributed by atoms with Crippen LogP contribution in [0.15, 0.2) is 36.5 Å². The van der Waals surface area contributed by atoms with Gasteiger partial charge in [0.1, 0.15) is 11.4 Å². The first-order chi connectivity index (χ1) is 12.6. The number of amides is 2. The summed E-state index contributed by atoms with van der Waals surface area (Å²) in [6, 6.07) is 8.73. The number of hydrogen-bond acceptors (Lipinski definition) is 5. The van der Waals surface area contributed by atoms with Gasteiger partial charge in [0.15, 0.2) is 0 Å². The molecule has 0 spiro atoms. The minimum absolute atomic E-state index is 0.137. The number of benzene rings is 1. The van der Waals surface area contributed by atoms with Crippen LogP contribution in [0.2, 0.25) is 5.02 Å². The first-order valence-corrected chi connectivity index (χ1v) is 8.54. The van der Waals surface area contributed by atoms with Crippen molar-refractivity contribution >= 4 is 35.3 Å². The summed E-state index contributed by atoms with van der Waals surface area (Å²) in [5.74, 6) is 0.519. The Balaban J connectivity index is 1.68. The molecule has 0 atom stereocenters. The van der Waals surface area contributed by atoms with Gasteiger partial charge in [-0.1, -0.05) is 11.6 Å². The molecule has 26 heavy (non-hydrogen) atoms. The second-order valence-electron chi connectivity index (χ2n) is 5.84. The molecule has 0 unspecified atom stereocenters. The second-order valence-corrected chi connectivity index (χ2v) is 6.27. The van der Waals surface area contributed by atoms with Gasteiger partial charge in [0.25, 0.3) is 5.91 Å². The Morgan fingerprint density at radius 3 is 2.62 bits per heavy atom. The van der Waals surface area contributed by atoms with Gasteiger partial charge in [-0.15, -0.1) is 0 Å². The molecule has 1 fully saturated rings. The molecule has 1 aromatic carbocycles. The largest absolute Gasteiger partial charge is 0.495 e. The van der Waals surface area contributed by atoms with Crippen molar-refractivity contribution in [3.63, 3.8) is 0 Å². The average Bonchev–Trinajstić information content (AvgIpc) is 2.68. The molecule has 7 nitrogen and oxygen atoms in total. The number of carbonyl (C=O) groups excluding carboxylic acids is 2. The van der Waals surface area contributed by atoms with E-state index in [2.05, 4.69) is 10.3 Å². The van der Waals surface area contributed by atoms with Crippen molar-refractivity contribution in [2.75, 3.05) is 38.6 Å². The van der Waals surface area contributed by atoms with Crippen molar-refractivity contribution in [1.82, 2.24) is 14.8 Å². The second kappa shape index (κ2) is 8.05. The van der Waals surface area contributed by atoms with Crippen molar-refractivity contribution in [1.29, 1.82) is 0 Å². The fourth-order valence-electron chi connectivity index (χ4n) is 2.72. The number of hydrogen-bond donors (Lipinski definition) is 1. The highest BCUT2D eigenvalue weighted by atomic mass is 35.5. The van der Waals surface area contributed by atoms with E-state index in [-0.39, 0.29) is 5.91 Å². The van der Waals surface area contributed by atoms with Crippen molar-refractivity contribution in [2.24, 2.45) is 0 Å². The van der Waals surface area contributed by atoms with Gasteiger partial charge in [0.05, 0.1) is 24.7 Å². The quantitative estimate of drug-likeness (QED) is 0.813. The summed E-state index contributed by atoms with van der Waals surface area (Å²) in [7, 11) is 1.58. The van der Waals surface area contributed by atoms with E-state index in [9.17, 15) is 9.59 Å². The first kappa shape index (κ1) is 18.0. The van der Waals surface area contributed by atoms with E-state index < -0.39 is 0 Å². The van der Waals surface area contributed by atoms with E-state index in [0.29, 0.717) is 54.0 Å². The summed E-state index contributed by atoms with van der Waals surface area (Å²) in [6.45, 7) is 2.12. The fraction of sp³-hybridized carbons (Fsp3) is 0.278. The maximum atomic E-state index is 12.5. The van der Waals surface area contributed by atoms with Crippen molar-refractivity contribution in [3.8, 4) is 5.75 Å². The minimum atomic E-state index is -0.137. The lowest BCUT2D eigenvalue weighted by Crippen LogP contribution is -2.48. The number of piperazine rings is 1. The molecule has 1 aromatic heterocycles. The summed E-state index contributed by atoms with van der Waals surface area (Å²) in [5.41, 5.74) is 1.80. The van der Waals surface area contributed by atoms with E-state index in [1.165, 1.54) is 0 Å². The number of anilines is 2. The highest BCUT2D eigenvalue weighted by Gasteiger charge is 2.22. The van der Waals surface area contributed by atoms with Gasteiger partial charge in [-0.2, -0.15) is 0 Å². The zero-order chi connectivity index (χ0) is 18.5. The standard InChI is InChI=1S/C18H19ClN4O3/c1-26-17-5-2-13(19)10-16(17)21-14-3-4-15(20-11-14)18(25)23-8-6-22(12-24)7-9-23/h2-5,10-12,21H,6-9H2,1H3. The minimum Gasteiger partial charge on any atom is -0.495 e. The summed E-state index contributed by atoms with van der Waals surface area (Å²) in [4.78, 5) is 30.9. The third kappa shape index (κ3) is 4.05. The van der Waals surface area contributed by atoms with Gasteiger partial charge < -0.3 is 19.9 Å². The third-order valence-corrected chi connectivity index (χ3v) is 4.41. The molecular formula is C18H19ClN4O3. The Morgan fingerprint density at radius 1 is 1.23 bits per heavy atom. The highest BCUT2D eigenvalue weighted by molar-refractivity contribution is 6.31. The van der Waals surface area contributed by atoms with E-state index in [1.807, 2.05) is 0 Å². The van der Waals surface area contributed by atoms with Gasteiger partial charge >= 0.3 is 0 Å². The molecule has 0 radical (unpaired) electrons. The fourth-order valence-corrected chi connectivity index (χ4v) is 2.89. The van der Waals surface area contributed by atoms with Crippen molar-refractivity contribution in [3.05, 3.63) is 47.2 Å². The normalized spacial score (nSPS) is 14.1. The number of rotatable bonds is 5. The molecule has 2 heterocycles. The van der Waals surface area contributed by atoms with E-state index in [0.717, 1.165) is 6.41 Å². The smallest absolute Gasteiger partial charge is 0.272 e. The maximum Gasteiger partial charge on any atom is 0.272 e. The Kier molecular flexibility index (Phi) is 5.58. The summed E-state index contributed by atoms with van der Waals surface area (Å²) < 4.78 is 5.30. The first-order valence-electron chi connectivity index (χ1n) is 8.16. The topological polar surface area (TPSA) is 74.8 Å². The number of aromatic nitrogens is 1. The molecule has 1 N–H and O–H groups in total. The number of pyridine rings is 1. The van der Waals surface area contributed by atoms with E-state index >= 15 is 0 Å². The Bertz CT molecular complexity index is 790. The van der Waals surface area contributed by atoms with E-state index in [1.54, 1.807) is 53.4 Å². The number of carbonyl (C=O) groups is 2. The van der Waals surface area contributed by atoms with Gasteiger partial charge in [-0.05, 0) is 30.3 Å². The van der Waals surface area contributed by atoms with Crippen LogP contribution in [0.25, 0.3) is 0 Å². The highest BCUT2D eigenvalue weighted by Crippen LogP contribution is 2.30. The van der Waals surface area contributed by atoms with Crippen LogP contribution in [0.1, 0.15) is 10.5 Å². The Morgan fingerprint density at radius 2 is 2.00 bits per heavy atom. The van der Waals surface area contributed by atoms with Crippen molar-refractivity contribution < 1.29 is 14.3 Å². The molecule has 3 rings (SSSR count).